The average Bonchev–Trinajstić information content (AvgIpc) is 2.80. The summed E-state index contributed by atoms with van der Waals surface area (Å²) in [5.74, 6) is 0. The van der Waals surface area contributed by atoms with Crippen LogP contribution in [0.15, 0.2) is 0 Å². The molecule has 1 rings (SSSR count). The molecular weight excluding hydrogens is 240 g/mol. The van der Waals surface area contributed by atoms with Crippen molar-refractivity contribution in [2.24, 2.45) is 0 Å². The quantitative estimate of drug-likeness (QED) is 0.687. The van der Waals surface area contributed by atoms with E-state index in [1.54, 1.807) is 0 Å². The van der Waals surface area contributed by atoms with E-state index in [-0.39, 0.29) is 6.61 Å². The molecule has 0 heterocycles. The van der Waals surface area contributed by atoms with Crippen LogP contribution >= 0.6 is 0 Å². The van der Waals surface area contributed by atoms with Crippen molar-refractivity contribution in [2.45, 2.75) is 43.9 Å². The molecule has 1 aliphatic carbocycles. The molecule has 17 heavy (non-hydrogen) atoms. The first-order valence-corrected chi connectivity index (χ1v) is 7.81. The van der Waals surface area contributed by atoms with Gasteiger partial charge in [-0.2, -0.15) is 0 Å². The number of nitrogens with zero attached hydrogens (tertiary/aromatic N) is 1. The van der Waals surface area contributed by atoms with Gasteiger partial charge in [-0.15, -0.1) is 0 Å². The highest BCUT2D eigenvalue weighted by Crippen LogP contribution is 2.21. The van der Waals surface area contributed by atoms with E-state index in [2.05, 4.69) is 9.62 Å². The van der Waals surface area contributed by atoms with E-state index < -0.39 is 15.3 Å². The Morgan fingerprint density at radius 1 is 1.41 bits per heavy atom. The van der Waals surface area contributed by atoms with E-state index in [1.807, 2.05) is 7.05 Å². The van der Waals surface area contributed by atoms with Crippen LogP contribution in [-0.4, -0.2) is 56.5 Å². The van der Waals surface area contributed by atoms with Crippen LogP contribution in [0.5, 0.6) is 0 Å². The molecule has 1 aliphatic rings. The summed E-state index contributed by atoms with van der Waals surface area (Å²) in [6, 6.07) is 0.606. The van der Waals surface area contributed by atoms with Gasteiger partial charge in [-0.25, -0.2) is 13.1 Å². The van der Waals surface area contributed by atoms with Crippen molar-refractivity contribution in [3.63, 3.8) is 0 Å². The Bertz CT molecular complexity index is 313. The fraction of sp³-hybridized carbons (Fsp3) is 1.00. The smallest absolute Gasteiger partial charge is 0.216 e. The SMILES string of the molecule is CC(CO)S(=O)(=O)NCCN(C)C1CCCC1. The van der Waals surface area contributed by atoms with E-state index in [4.69, 9.17) is 5.11 Å². The summed E-state index contributed by atoms with van der Waals surface area (Å²) in [7, 11) is -1.31. The van der Waals surface area contributed by atoms with Gasteiger partial charge < -0.3 is 10.0 Å². The van der Waals surface area contributed by atoms with Crippen LogP contribution in [0.2, 0.25) is 0 Å². The van der Waals surface area contributed by atoms with Crippen molar-refractivity contribution >= 4 is 10.0 Å². The van der Waals surface area contributed by atoms with Crippen molar-refractivity contribution in [1.29, 1.82) is 0 Å². The molecule has 0 aromatic rings. The summed E-state index contributed by atoms with van der Waals surface area (Å²) in [6.45, 7) is 2.30. The largest absolute Gasteiger partial charge is 0.395 e. The van der Waals surface area contributed by atoms with Gasteiger partial charge in [0.1, 0.15) is 0 Å². The molecule has 1 saturated carbocycles. The fourth-order valence-electron chi connectivity index (χ4n) is 2.13. The lowest BCUT2D eigenvalue weighted by Gasteiger charge is -2.24. The zero-order valence-electron chi connectivity index (χ0n) is 10.7. The molecule has 5 nitrogen and oxygen atoms in total. The van der Waals surface area contributed by atoms with Crippen molar-refractivity contribution < 1.29 is 13.5 Å². The molecule has 2 N–H and O–H groups in total. The molecule has 0 aromatic heterocycles. The third kappa shape index (κ3) is 4.54. The molecule has 0 bridgehead atoms. The number of nitrogens with one attached hydrogen (secondary N) is 1. The minimum Gasteiger partial charge on any atom is -0.395 e. The minimum absolute atomic E-state index is 0.339. The van der Waals surface area contributed by atoms with Gasteiger partial charge in [-0.05, 0) is 26.8 Å². The third-order valence-corrected chi connectivity index (χ3v) is 5.32. The Kier molecular flexibility index (Phi) is 5.85. The van der Waals surface area contributed by atoms with Gasteiger partial charge in [-0.3, -0.25) is 0 Å². The van der Waals surface area contributed by atoms with Gasteiger partial charge >= 0.3 is 0 Å². The molecule has 0 radical (unpaired) electrons. The van der Waals surface area contributed by atoms with Crippen LogP contribution in [0.1, 0.15) is 32.6 Å². The number of hydrogen-bond donors (Lipinski definition) is 2. The summed E-state index contributed by atoms with van der Waals surface area (Å²) in [5.41, 5.74) is 0. The number of hydrogen-bond acceptors (Lipinski definition) is 4. The van der Waals surface area contributed by atoms with Crippen LogP contribution in [0.25, 0.3) is 0 Å². The second kappa shape index (κ2) is 6.68. The summed E-state index contributed by atoms with van der Waals surface area (Å²) in [4.78, 5) is 2.22. The molecule has 0 aliphatic heterocycles. The van der Waals surface area contributed by atoms with Crippen molar-refractivity contribution in [1.82, 2.24) is 9.62 Å². The summed E-state index contributed by atoms with van der Waals surface area (Å²) in [5, 5.41) is 8.09. The van der Waals surface area contributed by atoms with Crippen LogP contribution in [0.3, 0.4) is 0 Å². The number of rotatable bonds is 7. The highest BCUT2D eigenvalue weighted by atomic mass is 32.2. The van der Waals surface area contributed by atoms with E-state index in [1.165, 1.54) is 32.6 Å². The van der Waals surface area contributed by atoms with Crippen molar-refractivity contribution in [3.05, 3.63) is 0 Å². The highest BCUT2D eigenvalue weighted by Gasteiger charge is 2.21. The topological polar surface area (TPSA) is 69.6 Å². The molecule has 0 aromatic carbocycles. The Morgan fingerprint density at radius 2 is 2.00 bits per heavy atom. The van der Waals surface area contributed by atoms with Gasteiger partial charge in [0.15, 0.2) is 0 Å². The van der Waals surface area contributed by atoms with Gasteiger partial charge in [-0.1, -0.05) is 12.8 Å². The normalized spacial score (nSPS) is 20.0. The Labute approximate surface area is 104 Å². The lowest BCUT2D eigenvalue weighted by molar-refractivity contribution is 0.249. The number of sulfonamides is 1. The van der Waals surface area contributed by atoms with Crippen LogP contribution in [0.4, 0.5) is 0 Å². The zero-order chi connectivity index (χ0) is 12.9. The Balaban J connectivity index is 2.27. The minimum atomic E-state index is -3.36. The molecular formula is C11H24N2O3S. The Hall–Kier alpha value is -0.170. The molecule has 0 spiro atoms. The number of aliphatic hydroxyl groups excluding tert-OH is 1. The molecule has 1 atom stereocenters. The van der Waals surface area contributed by atoms with Gasteiger partial charge in [0.05, 0.1) is 11.9 Å². The molecule has 0 amide bonds. The van der Waals surface area contributed by atoms with Crippen LogP contribution < -0.4 is 4.72 Å². The summed E-state index contributed by atoms with van der Waals surface area (Å²) < 4.78 is 25.7. The third-order valence-electron chi connectivity index (χ3n) is 3.50. The van der Waals surface area contributed by atoms with Gasteiger partial charge in [0, 0.05) is 19.1 Å². The molecule has 102 valence electrons. The maximum Gasteiger partial charge on any atom is 0.216 e. The molecule has 1 unspecified atom stereocenters. The average molecular weight is 264 g/mol. The van der Waals surface area contributed by atoms with E-state index >= 15 is 0 Å². The van der Waals surface area contributed by atoms with Crippen LogP contribution in [0, 0.1) is 0 Å². The maximum absolute atomic E-state index is 11.6. The first-order valence-electron chi connectivity index (χ1n) is 6.27. The lowest BCUT2D eigenvalue weighted by Crippen LogP contribution is -2.40. The van der Waals surface area contributed by atoms with Crippen molar-refractivity contribution in [2.75, 3.05) is 26.7 Å². The zero-order valence-corrected chi connectivity index (χ0v) is 11.5. The predicted molar refractivity (Wildman–Crippen MR) is 68.4 cm³/mol. The van der Waals surface area contributed by atoms with Crippen molar-refractivity contribution in [3.8, 4) is 0 Å². The molecule has 1 fully saturated rings. The maximum atomic E-state index is 11.6. The predicted octanol–water partition coefficient (Wildman–Crippen LogP) is 0.161. The second-order valence-electron chi connectivity index (χ2n) is 4.85. The van der Waals surface area contributed by atoms with Crippen LogP contribution in [-0.2, 0) is 10.0 Å². The lowest BCUT2D eigenvalue weighted by atomic mass is 10.2. The summed E-state index contributed by atoms with van der Waals surface area (Å²) >= 11 is 0. The first-order chi connectivity index (χ1) is 7.97. The number of likely N-dealkylation sites (N-methyl/N-ethyl adjacent to an activating group) is 1. The van der Waals surface area contributed by atoms with Gasteiger partial charge in [0.2, 0.25) is 10.0 Å². The second-order valence-corrected chi connectivity index (χ2v) is 7.03. The summed E-state index contributed by atoms with van der Waals surface area (Å²) in [6.07, 6.45) is 5.00. The highest BCUT2D eigenvalue weighted by molar-refractivity contribution is 7.90. The molecule has 0 saturated heterocycles. The Morgan fingerprint density at radius 3 is 2.53 bits per heavy atom. The molecule has 6 heteroatoms. The van der Waals surface area contributed by atoms with E-state index in [0.29, 0.717) is 12.6 Å². The monoisotopic (exact) mass is 264 g/mol. The van der Waals surface area contributed by atoms with E-state index in [9.17, 15) is 8.42 Å². The first kappa shape index (κ1) is 14.9. The number of aliphatic hydroxyl groups is 1. The standard InChI is InChI=1S/C11H24N2O3S/c1-10(9-14)17(15,16)12-7-8-13(2)11-5-3-4-6-11/h10-12,14H,3-9H2,1-2H3. The van der Waals surface area contributed by atoms with Gasteiger partial charge in [0.25, 0.3) is 0 Å². The van der Waals surface area contributed by atoms with E-state index in [0.717, 1.165) is 6.54 Å². The fourth-order valence-corrected chi connectivity index (χ4v) is 2.99.